The van der Waals surface area contributed by atoms with Gasteiger partial charge in [-0.05, 0) is 33.6 Å². The maximum atomic E-state index is 12.5. The molecule has 22 heavy (non-hydrogen) atoms. The Morgan fingerprint density at radius 2 is 2.00 bits per heavy atom. The topological polar surface area (TPSA) is 91.1 Å². The first kappa shape index (κ1) is 17.0. The molecule has 1 saturated carbocycles. The fourth-order valence-corrected chi connectivity index (χ4v) is 2.98. The lowest BCUT2D eigenvalue weighted by atomic mass is 9.87. The summed E-state index contributed by atoms with van der Waals surface area (Å²) in [4.78, 5) is 25.9. The van der Waals surface area contributed by atoms with E-state index in [2.05, 4.69) is 0 Å². The van der Waals surface area contributed by atoms with E-state index in [1.807, 2.05) is 20.8 Å². The van der Waals surface area contributed by atoms with E-state index in [4.69, 9.17) is 19.9 Å². The maximum Gasteiger partial charge on any atom is 0.410 e. The Hall–Kier alpha value is -1.34. The number of nitrogens with zero attached hydrogens (tertiary/aromatic N) is 1. The summed E-state index contributed by atoms with van der Waals surface area (Å²) < 4.78 is 15.8. The summed E-state index contributed by atoms with van der Waals surface area (Å²) in [6, 6.07) is -1.01. The molecular formula is C15H26N2O5. The zero-order valence-electron chi connectivity index (χ0n) is 13.8. The van der Waals surface area contributed by atoms with Crippen LogP contribution in [0.3, 0.4) is 0 Å². The number of carbonyl (C=O) groups excluding carboxylic acids is 2. The summed E-state index contributed by atoms with van der Waals surface area (Å²) >= 11 is 0. The second-order valence-electron chi connectivity index (χ2n) is 7.00. The zero-order chi connectivity index (χ0) is 16.5. The van der Waals surface area contributed by atoms with Crippen LogP contribution < -0.4 is 5.73 Å². The largest absolute Gasteiger partial charge is 0.468 e. The minimum atomic E-state index is -0.755. The summed E-state index contributed by atoms with van der Waals surface area (Å²) in [5.41, 5.74) is 5.04. The monoisotopic (exact) mass is 314 g/mol. The van der Waals surface area contributed by atoms with E-state index in [0.717, 1.165) is 12.8 Å². The average molecular weight is 314 g/mol. The Bertz CT molecular complexity index is 442. The molecular weight excluding hydrogens is 288 g/mol. The minimum Gasteiger partial charge on any atom is -0.468 e. The molecule has 2 rings (SSSR count). The molecule has 2 aliphatic rings. The van der Waals surface area contributed by atoms with Gasteiger partial charge < -0.3 is 19.9 Å². The lowest BCUT2D eigenvalue weighted by molar-refractivity contribution is -0.146. The van der Waals surface area contributed by atoms with Crippen LogP contribution in [-0.4, -0.2) is 61.5 Å². The van der Waals surface area contributed by atoms with Gasteiger partial charge in [0.1, 0.15) is 11.6 Å². The smallest absolute Gasteiger partial charge is 0.410 e. The number of hydrogen-bond acceptors (Lipinski definition) is 6. The van der Waals surface area contributed by atoms with Crippen molar-refractivity contribution in [2.45, 2.75) is 51.3 Å². The van der Waals surface area contributed by atoms with Crippen LogP contribution in [0.5, 0.6) is 0 Å². The molecule has 2 unspecified atom stereocenters. The van der Waals surface area contributed by atoms with Crippen LogP contribution in [0, 0.1) is 5.41 Å². The van der Waals surface area contributed by atoms with Crippen molar-refractivity contribution < 1.29 is 23.8 Å². The summed E-state index contributed by atoms with van der Waals surface area (Å²) in [5.74, 6) is -0.452. The van der Waals surface area contributed by atoms with E-state index >= 15 is 0 Å². The molecule has 126 valence electrons. The first-order valence-electron chi connectivity index (χ1n) is 7.62. The van der Waals surface area contributed by atoms with E-state index in [1.54, 1.807) is 4.90 Å². The highest BCUT2D eigenvalue weighted by molar-refractivity contribution is 5.78. The molecule has 0 radical (unpaired) electrons. The van der Waals surface area contributed by atoms with Gasteiger partial charge in [-0.1, -0.05) is 0 Å². The first-order chi connectivity index (χ1) is 10.2. The number of carbonyl (C=O) groups is 2. The number of esters is 1. The molecule has 1 aliphatic heterocycles. The van der Waals surface area contributed by atoms with Gasteiger partial charge >= 0.3 is 12.1 Å². The zero-order valence-corrected chi connectivity index (χ0v) is 13.8. The molecule has 2 atom stereocenters. The van der Waals surface area contributed by atoms with E-state index in [9.17, 15) is 9.59 Å². The fraction of sp³-hybridized carbons (Fsp3) is 0.867. The molecule has 1 heterocycles. The normalized spacial score (nSPS) is 25.3. The number of morpholine rings is 1. The molecule has 1 saturated heterocycles. The molecule has 2 N–H and O–H groups in total. The highest BCUT2D eigenvalue weighted by Gasteiger charge is 2.60. The van der Waals surface area contributed by atoms with Crippen molar-refractivity contribution in [1.82, 2.24) is 4.90 Å². The van der Waals surface area contributed by atoms with Crippen LogP contribution >= 0.6 is 0 Å². The quantitative estimate of drug-likeness (QED) is 0.778. The molecule has 7 nitrogen and oxygen atoms in total. The Labute approximate surface area is 131 Å². The van der Waals surface area contributed by atoms with Gasteiger partial charge in [0.05, 0.1) is 26.4 Å². The van der Waals surface area contributed by atoms with Crippen LogP contribution in [0.1, 0.15) is 33.6 Å². The van der Waals surface area contributed by atoms with Gasteiger partial charge in [0.15, 0.2) is 0 Å². The summed E-state index contributed by atoms with van der Waals surface area (Å²) in [7, 11) is 1.32. The minimum absolute atomic E-state index is 0.259. The van der Waals surface area contributed by atoms with E-state index < -0.39 is 23.0 Å². The second-order valence-corrected chi connectivity index (χ2v) is 7.00. The molecule has 0 aromatic heterocycles. The average Bonchev–Trinajstić information content (AvgIpc) is 3.25. The number of hydrogen-bond donors (Lipinski definition) is 1. The third kappa shape index (κ3) is 3.35. The summed E-state index contributed by atoms with van der Waals surface area (Å²) in [6.07, 6.45) is 1.16. The van der Waals surface area contributed by atoms with Crippen molar-refractivity contribution in [2.75, 3.05) is 26.9 Å². The van der Waals surface area contributed by atoms with E-state index in [0.29, 0.717) is 19.8 Å². The van der Waals surface area contributed by atoms with Gasteiger partial charge in [0.25, 0.3) is 0 Å². The summed E-state index contributed by atoms with van der Waals surface area (Å²) in [6.45, 7) is 6.74. The Kier molecular flexibility index (Phi) is 4.67. The predicted molar refractivity (Wildman–Crippen MR) is 79.2 cm³/mol. The van der Waals surface area contributed by atoms with Crippen LogP contribution in [0.15, 0.2) is 0 Å². The Morgan fingerprint density at radius 1 is 1.36 bits per heavy atom. The van der Waals surface area contributed by atoms with Crippen LogP contribution in [0.2, 0.25) is 0 Å². The number of rotatable bonds is 3. The van der Waals surface area contributed by atoms with Gasteiger partial charge in [-0.15, -0.1) is 0 Å². The predicted octanol–water partition coefficient (Wildman–Crippen LogP) is 0.903. The lowest BCUT2D eigenvalue weighted by Crippen LogP contribution is -2.59. The molecule has 2 fully saturated rings. The third-order valence-corrected chi connectivity index (χ3v) is 4.32. The molecule has 0 bridgehead atoms. The molecule has 1 aliphatic carbocycles. The Balaban J connectivity index is 2.16. The first-order valence-corrected chi connectivity index (χ1v) is 7.62. The van der Waals surface area contributed by atoms with E-state index in [-0.39, 0.29) is 12.1 Å². The standard InChI is InChI=1S/C15H26N2O5/c1-14(2,3)22-13(19)17-7-8-21-9-10(17)15(5-6-15)11(16)12(18)20-4/h10-11H,5-9,16H2,1-4H3. The molecule has 7 heteroatoms. The van der Waals surface area contributed by atoms with Crippen LogP contribution in [-0.2, 0) is 19.0 Å². The maximum absolute atomic E-state index is 12.5. The highest BCUT2D eigenvalue weighted by Crippen LogP contribution is 2.53. The molecule has 1 amide bonds. The van der Waals surface area contributed by atoms with Crippen LogP contribution in [0.25, 0.3) is 0 Å². The number of methoxy groups -OCH3 is 1. The SMILES string of the molecule is COC(=O)C(N)C1(C2COCCN2C(=O)OC(C)(C)C)CC1. The number of amides is 1. The van der Waals surface area contributed by atoms with Crippen molar-refractivity contribution in [2.24, 2.45) is 11.1 Å². The number of ether oxygens (including phenoxy) is 3. The van der Waals surface area contributed by atoms with Crippen LogP contribution in [0.4, 0.5) is 4.79 Å². The van der Waals surface area contributed by atoms with Crippen molar-refractivity contribution in [3.63, 3.8) is 0 Å². The van der Waals surface area contributed by atoms with Gasteiger partial charge in [0, 0.05) is 12.0 Å². The van der Waals surface area contributed by atoms with Crippen molar-refractivity contribution >= 4 is 12.1 Å². The van der Waals surface area contributed by atoms with E-state index in [1.165, 1.54) is 7.11 Å². The second kappa shape index (κ2) is 6.04. The third-order valence-electron chi connectivity index (χ3n) is 4.32. The van der Waals surface area contributed by atoms with Crippen molar-refractivity contribution in [3.05, 3.63) is 0 Å². The van der Waals surface area contributed by atoms with Gasteiger partial charge in [-0.3, -0.25) is 9.69 Å². The number of nitrogens with two attached hydrogens (primary N) is 1. The van der Waals surface area contributed by atoms with Gasteiger partial charge in [-0.25, -0.2) is 4.79 Å². The summed E-state index contributed by atoms with van der Waals surface area (Å²) in [5, 5.41) is 0. The fourth-order valence-electron chi connectivity index (χ4n) is 2.98. The molecule has 0 spiro atoms. The van der Waals surface area contributed by atoms with Gasteiger partial charge in [-0.2, -0.15) is 0 Å². The lowest BCUT2D eigenvalue weighted by Gasteiger charge is -2.42. The Morgan fingerprint density at radius 3 is 2.50 bits per heavy atom. The molecule has 0 aromatic carbocycles. The van der Waals surface area contributed by atoms with Gasteiger partial charge in [0.2, 0.25) is 0 Å². The molecule has 0 aromatic rings. The van der Waals surface area contributed by atoms with Crippen molar-refractivity contribution in [1.29, 1.82) is 0 Å². The highest BCUT2D eigenvalue weighted by atomic mass is 16.6. The van der Waals surface area contributed by atoms with Crippen molar-refractivity contribution in [3.8, 4) is 0 Å².